The summed E-state index contributed by atoms with van der Waals surface area (Å²) in [6.45, 7) is 0.547. The quantitative estimate of drug-likeness (QED) is 0.760. The van der Waals surface area contributed by atoms with Gasteiger partial charge in [-0.05, 0) is 23.3 Å². The third-order valence-corrected chi connectivity index (χ3v) is 3.91. The van der Waals surface area contributed by atoms with Crippen molar-refractivity contribution >= 4 is 46.5 Å². The molecular formula is C15H12Cl3NO2. The van der Waals surface area contributed by atoms with Gasteiger partial charge in [-0.3, -0.25) is 4.79 Å². The van der Waals surface area contributed by atoms with Crippen LogP contribution in [-0.4, -0.2) is 11.1 Å². The number of carbonyl (C=O) groups is 1. The van der Waals surface area contributed by atoms with Gasteiger partial charge in [-0.25, -0.2) is 0 Å². The van der Waals surface area contributed by atoms with E-state index in [2.05, 4.69) is 5.32 Å². The first-order chi connectivity index (χ1) is 9.95. The summed E-state index contributed by atoms with van der Waals surface area (Å²) in [5.74, 6) is -0.844. The second kappa shape index (κ2) is 7.03. The van der Waals surface area contributed by atoms with Crippen LogP contribution in [0.3, 0.4) is 0 Å². The Kier molecular flexibility index (Phi) is 5.34. The van der Waals surface area contributed by atoms with Gasteiger partial charge >= 0.3 is 5.97 Å². The Bertz CT molecular complexity index is 657. The predicted octanol–water partition coefficient (Wildman–Crippen LogP) is 4.89. The Morgan fingerprint density at radius 1 is 0.952 bits per heavy atom. The van der Waals surface area contributed by atoms with E-state index in [-0.39, 0.29) is 6.42 Å². The van der Waals surface area contributed by atoms with E-state index in [0.29, 0.717) is 27.3 Å². The van der Waals surface area contributed by atoms with Gasteiger partial charge < -0.3 is 10.4 Å². The normalized spacial score (nSPS) is 10.4. The predicted molar refractivity (Wildman–Crippen MR) is 86.6 cm³/mol. The molecule has 0 fully saturated rings. The highest BCUT2D eigenvalue weighted by Crippen LogP contribution is 2.32. The van der Waals surface area contributed by atoms with Gasteiger partial charge in [-0.1, -0.05) is 59.1 Å². The maximum absolute atomic E-state index is 10.6. The molecule has 0 aliphatic heterocycles. The largest absolute Gasteiger partial charge is 0.481 e. The molecule has 0 amide bonds. The minimum Gasteiger partial charge on any atom is -0.481 e. The van der Waals surface area contributed by atoms with Crippen LogP contribution in [-0.2, 0) is 17.8 Å². The molecule has 21 heavy (non-hydrogen) atoms. The molecule has 0 aliphatic carbocycles. The van der Waals surface area contributed by atoms with Gasteiger partial charge in [0.05, 0.1) is 27.2 Å². The number of hydrogen-bond acceptors (Lipinski definition) is 2. The Hall–Kier alpha value is -1.42. The summed E-state index contributed by atoms with van der Waals surface area (Å²) < 4.78 is 0. The Labute approximate surface area is 137 Å². The molecule has 0 aromatic heterocycles. The van der Waals surface area contributed by atoms with Crippen LogP contribution in [0, 0.1) is 0 Å². The average molecular weight is 345 g/mol. The molecule has 0 bridgehead atoms. The number of anilines is 1. The van der Waals surface area contributed by atoms with Gasteiger partial charge in [-0.15, -0.1) is 0 Å². The van der Waals surface area contributed by atoms with Crippen molar-refractivity contribution < 1.29 is 9.90 Å². The monoisotopic (exact) mass is 343 g/mol. The molecule has 0 heterocycles. The maximum Gasteiger partial charge on any atom is 0.307 e. The van der Waals surface area contributed by atoms with Crippen molar-refractivity contribution in [3.8, 4) is 0 Å². The third kappa shape index (κ3) is 4.53. The van der Waals surface area contributed by atoms with Crippen molar-refractivity contribution in [2.75, 3.05) is 5.32 Å². The van der Waals surface area contributed by atoms with Gasteiger partial charge in [0.1, 0.15) is 0 Å². The molecule has 3 nitrogen and oxygen atoms in total. The molecule has 0 radical (unpaired) electrons. The van der Waals surface area contributed by atoms with Crippen LogP contribution in [0.2, 0.25) is 15.1 Å². The van der Waals surface area contributed by atoms with E-state index in [4.69, 9.17) is 39.9 Å². The molecule has 0 saturated carbocycles. The summed E-state index contributed by atoms with van der Waals surface area (Å²) in [6, 6.07) is 10.6. The molecule has 2 aromatic rings. The van der Waals surface area contributed by atoms with Crippen LogP contribution < -0.4 is 5.32 Å². The number of carboxylic acid groups (broad SMARTS) is 1. The van der Waals surface area contributed by atoms with Gasteiger partial charge in [0.15, 0.2) is 0 Å². The second-order valence-electron chi connectivity index (χ2n) is 4.49. The Morgan fingerprint density at radius 2 is 1.52 bits per heavy atom. The summed E-state index contributed by atoms with van der Waals surface area (Å²) in [4.78, 5) is 10.6. The summed E-state index contributed by atoms with van der Waals surface area (Å²) in [5.41, 5.74) is 2.46. The average Bonchev–Trinajstić information content (AvgIpc) is 2.42. The van der Waals surface area contributed by atoms with Gasteiger partial charge in [0.25, 0.3) is 0 Å². The smallest absolute Gasteiger partial charge is 0.307 e. The van der Waals surface area contributed by atoms with Crippen LogP contribution in [0.25, 0.3) is 0 Å². The number of halogens is 3. The molecule has 0 unspecified atom stereocenters. The lowest BCUT2D eigenvalue weighted by atomic mass is 10.1. The van der Waals surface area contributed by atoms with E-state index < -0.39 is 5.97 Å². The van der Waals surface area contributed by atoms with Crippen molar-refractivity contribution in [1.29, 1.82) is 0 Å². The highest BCUT2D eigenvalue weighted by atomic mass is 35.5. The van der Waals surface area contributed by atoms with Crippen molar-refractivity contribution in [2.45, 2.75) is 13.0 Å². The van der Waals surface area contributed by atoms with Crippen LogP contribution >= 0.6 is 34.8 Å². The van der Waals surface area contributed by atoms with Gasteiger partial charge in [-0.2, -0.15) is 0 Å². The lowest BCUT2D eigenvalue weighted by Crippen LogP contribution is -2.02. The number of aliphatic carboxylic acids is 1. The Balaban J connectivity index is 2.03. The van der Waals surface area contributed by atoms with Crippen molar-refractivity contribution in [2.24, 2.45) is 0 Å². The number of carboxylic acids is 1. The first-order valence-corrected chi connectivity index (χ1v) is 7.27. The second-order valence-corrected chi connectivity index (χ2v) is 5.71. The number of benzene rings is 2. The maximum atomic E-state index is 10.6. The van der Waals surface area contributed by atoms with Crippen molar-refractivity contribution in [3.05, 3.63) is 62.6 Å². The fraction of sp³-hybridized carbons (Fsp3) is 0.133. The molecule has 0 aliphatic rings. The summed E-state index contributed by atoms with van der Waals surface area (Å²) >= 11 is 17.9. The molecule has 110 valence electrons. The number of rotatable bonds is 5. The topological polar surface area (TPSA) is 49.3 Å². The third-order valence-electron chi connectivity index (χ3n) is 2.87. The summed E-state index contributed by atoms with van der Waals surface area (Å²) in [5, 5.41) is 13.2. The minimum absolute atomic E-state index is 0.0202. The van der Waals surface area contributed by atoms with Crippen LogP contribution in [0.5, 0.6) is 0 Å². The van der Waals surface area contributed by atoms with Crippen LogP contribution in [0.4, 0.5) is 5.69 Å². The zero-order valence-electron chi connectivity index (χ0n) is 10.9. The minimum atomic E-state index is -0.844. The van der Waals surface area contributed by atoms with Gasteiger partial charge in [0.2, 0.25) is 0 Å². The SMILES string of the molecule is O=C(O)Cc1ccc(CNc2cc(Cl)c(Cl)cc2Cl)cc1. The molecule has 2 rings (SSSR count). The highest BCUT2D eigenvalue weighted by Gasteiger charge is 2.06. The van der Waals surface area contributed by atoms with Crippen LogP contribution in [0.15, 0.2) is 36.4 Å². The van der Waals surface area contributed by atoms with E-state index in [1.807, 2.05) is 12.1 Å². The highest BCUT2D eigenvalue weighted by molar-refractivity contribution is 6.44. The zero-order chi connectivity index (χ0) is 15.4. The van der Waals surface area contributed by atoms with E-state index >= 15 is 0 Å². The fourth-order valence-corrected chi connectivity index (χ4v) is 2.42. The molecule has 2 aromatic carbocycles. The zero-order valence-corrected chi connectivity index (χ0v) is 13.1. The Morgan fingerprint density at radius 3 is 2.14 bits per heavy atom. The summed E-state index contributed by atoms with van der Waals surface area (Å²) in [7, 11) is 0. The number of hydrogen-bond donors (Lipinski definition) is 2. The lowest BCUT2D eigenvalue weighted by molar-refractivity contribution is -0.136. The fourth-order valence-electron chi connectivity index (χ4n) is 1.80. The molecular weight excluding hydrogens is 333 g/mol. The van der Waals surface area contributed by atoms with E-state index in [1.165, 1.54) is 0 Å². The lowest BCUT2D eigenvalue weighted by Gasteiger charge is -2.10. The van der Waals surface area contributed by atoms with E-state index in [0.717, 1.165) is 11.1 Å². The molecule has 0 spiro atoms. The molecule has 2 N–H and O–H groups in total. The van der Waals surface area contributed by atoms with Gasteiger partial charge in [0, 0.05) is 6.54 Å². The standard InChI is InChI=1S/C15H12Cl3NO2/c16-11-6-13(18)14(7-12(11)17)19-8-10-3-1-9(2-4-10)5-15(20)21/h1-4,6-7,19H,5,8H2,(H,20,21). The molecule has 0 atom stereocenters. The van der Waals surface area contributed by atoms with Crippen molar-refractivity contribution in [1.82, 2.24) is 0 Å². The first kappa shape index (κ1) is 16.0. The first-order valence-electron chi connectivity index (χ1n) is 6.13. The van der Waals surface area contributed by atoms with E-state index in [1.54, 1.807) is 24.3 Å². The van der Waals surface area contributed by atoms with Crippen LogP contribution in [0.1, 0.15) is 11.1 Å². The molecule has 0 saturated heterocycles. The molecule has 6 heteroatoms. The van der Waals surface area contributed by atoms with Crippen molar-refractivity contribution in [3.63, 3.8) is 0 Å². The summed E-state index contributed by atoms with van der Waals surface area (Å²) in [6.07, 6.45) is 0.0202. The van der Waals surface area contributed by atoms with E-state index in [9.17, 15) is 4.79 Å². The number of nitrogens with one attached hydrogen (secondary N) is 1.